The number of rotatable bonds is 8. The predicted octanol–water partition coefficient (Wildman–Crippen LogP) is 6.25. The number of benzene rings is 2. The molecule has 0 bridgehead atoms. The van der Waals surface area contributed by atoms with E-state index in [1.165, 1.54) is 37.7 Å². The Morgan fingerprint density at radius 3 is 2.32 bits per heavy atom. The van der Waals surface area contributed by atoms with Crippen molar-refractivity contribution in [3.8, 4) is 0 Å². The van der Waals surface area contributed by atoms with E-state index in [-0.39, 0.29) is 17.9 Å². The molecular weight excluding hydrogens is 342 g/mol. The van der Waals surface area contributed by atoms with E-state index in [9.17, 15) is 4.79 Å². The van der Waals surface area contributed by atoms with Gasteiger partial charge in [0.05, 0.1) is 6.04 Å². The number of hydrogen-bond acceptors (Lipinski definition) is 1. The van der Waals surface area contributed by atoms with Crippen molar-refractivity contribution in [2.45, 2.75) is 57.9 Å². The highest BCUT2D eigenvalue weighted by molar-refractivity contribution is 5.77. The maximum atomic E-state index is 12.7. The first-order valence-corrected chi connectivity index (χ1v) is 10.8. The van der Waals surface area contributed by atoms with E-state index in [1.54, 1.807) is 0 Å². The van der Waals surface area contributed by atoms with Gasteiger partial charge in [-0.15, -0.1) is 0 Å². The lowest BCUT2D eigenvalue weighted by atomic mass is 9.87. The molecule has 1 N–H and O–H groups in total. The molecule has 0 unspecified atom stereocenters. The summed E-state index contributed by atoms with van der Waals surface area (Å²) in [7, 11) is 0. The minimum atomic E-state index is 0.0356. The molecule has 2 heteroatoms. The Morgan fingerprint density at radius 2 is 1.64 bits per heavy atom. The number of hydrogen-bond donors (Lipinski definition) is 1. The van der Waals surface area contributed by atoms with Crippen molar-refractivity contribution in [1.29, 1.82) is 0 Å². The van der Waals surface area contributed by atoms with Gasteiger partial charge in [0.25, 0.3) is 0 Å². The van der Waals surface area contributed by atoms with Crippen molar-refractivity contribution >= 4 is 5.91 Å². The number of amides is 1. The zero-order chi connectivity index (χ0) is 19.6. The third-order valence-electron chi connectivity index (χ3n) is 5.77. The lowest BCUT2D eigenvalue weighted by molar-refractivity contribution is -0.122. The van der Waals surface area contributed by atoms with Gasteiger partial charge in [0.15, 0.2) is 0 Å². The Hall–Kier alpha value is -2.35. The summed E-state index contributed by atoms with van der Waals surface area (Å²) in [4.78, 5) is 12.7. The Bertz CT molecular complexity index is 732. The predicted molar refractivity (Wildman–Crippen MR) is 117 cm³/mol. The lowest BCUT2D eigenvalue weighted by Gasteiger charge is -2.20. The maximum absolute atomic E-state index is 12.7. The molecule has 2 aromatic carbocycles. The van der Waals surface area contributed by atoms with Gasteiger partial charge in [0, 0.05) is 6.42 Å². The van der Waals surface area contributed by atoms with Crippen LogP contribution in [0.5, 0.6) is 0 Å². The van der Waals surface area contributed by atoms with E-state index in [0.29, 0.717) is 12.3 Å². The van der Waals surface area contributed by atoms with Crippen LogP contribution < -0.4 is 5.32 Å². The van der Waals surface area contributed by atoms with Crippen molar-refractivity contribution in [2.75, 3.05) is 0 Å². The van der Waals surface area contributed by atoms with Gasteiger partial charge in [-0.2, -0.15) is 0 Å². The molecule has 1 fully saturated rings. The molecule has 2 atom stereocenters. The molecule has 1 aliphatic rings. The normalized spacial score (nSPS) is 17.3. The summed E-state index contributed by atoms with van der Waals surface area (Å²) >= 11 is 0. The average molecular weight is 376 g/mol. The molecule has 0 aliphatic heterocycles. The van der Waals surface area contributed by atoms with Crippen molar-refractivity contribution < 1.29 is 4.79 Å². The minimum Gasteiger partial charge on any atom is -0.350 e. The second-order valence-electron chi connectivity index (χ2n) is 8.14. The van der Waals surface area contributed by atoms with E-state index in [0.717, 1.165) is 12.0 Å². The summed E-state index contributed by atoms with van der Waals surface area (Å²) in [6.45, 7) is 2.05. The molecule has 1 amide bonds. The lowest BCUT2D eigenvalue weighted by Crippen LogP contribution is -2.28. The van der Waals surface area contributed by atoms with Crippen LogP contribution in [-0.4, -0.2) is 5.91 Å². The first kappa shape index (κ1) is 20.4. The van der Waals surface area contributed by atoms with Crippen LogP contribution in [-0.2, 0) is 11.2 Å². The van der Waals surface area contributed by atoms with Crippen LogP contribution in [0, 0.1) is 11.8 Å². The molecule has 0 spiro atoms. The molecule has 148 valence electrons. The molecule has 0 aromatic heterocycles. The van der Waals surface area contributed by atoms with Gasteiger partial charge in [-0.05, 0) is 49.1 Å². The fraction of sp³-hybridized carbons (Fsp3) is 0.423. The molecule has 1 saturated carbocycles. The van der Waals surface area contributed by atoms with Crippen molar-refractivity contribution in [2.24, 2.45) is 11.8 Å². The largest absolute Gasteiger partial charge is 0.350 e. The Morgan fingerprint density at radius 1 is 1.00 bits per heavy atom. The van der Waals surface area contributed by atoms with Crippen molar-refractivity contribution in [3.05, 3.63) is 83.9 Å². The summed E-state index contributed by atoms with van der Waals surface area (Å²) in [5.41, 5.74) is 2.44. The van der Waals surface area contributed by atoms with Crippen molar-refractivity contribution in [1.82, 2.24) is 5.32 Å². The topological polar surface area (TPSA) is 29.1 Å². The summed E-state index contributed by atoms with van der Waals surface area (Å²) in [5.74, 6) is 1.07. The van der Waals surface area contributed by atoms with E-state index < -0.39 is 0 Å². The number of allylic oxidation sites excluding steroid dienone is 2. The monoisotopic (exact) mass is 375 g/mol. The number of carbonyl (C=O) groups is 1. The van der Waals surface area contributed by atoms with Gasteiger partial charge in [0.1, 0.15) is 0 Å². The van der Waals surface area contributed by atoms with Crippen LogP contribution in [0.3, 0.4) is 0 Å². The zero-order valence-corrected chi connectivity index (χ0v) is 17.0. The molecule has 2 aromatic rings. The van der Waals surface area contributed by atoms with E-state index >= 15 is 0 Å². The average Bonchev–Trinajstić information content (AvgIpc) is 2.74. The third kappa shape index (κ3) is 6.67. The van der Waals surface area contributed by atoms with Gasteiger partial charge >= 0.3 is 0 Å². The summed E-state index contributed by atoms with van der Waals surface area (Å²) in [6, 6.07) is 20.7. The van der Waals surface area contributed by atoms with E-state index in [1.807, 2.05) is 24.3 Å². The Balaban J connectivity index is 1.61. The van der Waals surface area contributed by atoms with Crippen LogP contribution in [0.1, 0.15) is 62.6 Å². The molecular formula is C26H33NO. The van der Waals surface area contributed by atoms with Gasteiger partial charge in [-0.1, -0.05) is 92.1 Å². The van der Waals surface area contributed by atoms with Crippen LogP contribution in [0.4, 0.5) is 0 Å². The molecule has 0 saturated heterocycles. The smallest absolute Gasteiger partial charge is 0.221 e. The van der Waals surface area contributed by atoms with Crippen LogP contribution in [0.15, 0.2) is 72.8 Å². The fourth-order valence-electron chi connectivity index (χ4n) is 4.13. The first-order chi connectivity index (χ1) is 13.7. The molecule has 2 nitrogen and oxygen atoms in total. The van der Waals surface area contributed by atoms with Crippen LogP contribution in [0.2, 0.25) is 0 Å². The van der Waals surface area contributed by atoms with Gasteiger partial charge in [-0.3, -0.25) is 4.79 Å². The summed E-state index contributed by atoms with van der Waals surface area (Å²) in [6.07, 6.45) is 12.8. The highest BCUT2D eigenvalue weighted by atomic mass is 16.1. The first-order valence-electron chi connectivity index (χ1n) is 10.8. The minimum absolute atomic E-state index is 0.0356. The van der Waals surface area contributed by atoms with Gasteiger partial charge in [-0.25, -0.2) is 0 Å². The third-order valence-corrected chi connectivity index (χ3v) is 5.77. The zero-order valence-electron chi connectivity index (χ0n) is 17.0. The highest BCUT2D eigenvalue weighted by Crippen LogP contribution is 2.26. The fourth-order valence-corrected chi connectivity index (χ4v) is 4.13. The maximum Gasteiger partial charge on any atom is 0.221 e. The van der Waals surface area contributed by atoms with Crippen LogP contribution >= 0.6 is 0 Å². The second kappa shape index (κ2) is 10.8. The number of nitrogens with one attached hydrogen (secondary N) is 1. The van der Waals surface area contributed by atoms with Gasteiger partial charge < -0.3 is 5.32 Å². The standard InChI is InChI=1S/C26H33NO/c1-21(25-15-9-4-10-16-25)27-26(28)20-24(19-23-13-7-3-8-14-23)18-17-22-11-5-2-6-12-22/h3-4,7-10,13-18,21-22,24H,2,5-6,11-12,19-20H2,1H3,(H,27,28)/b18-17+/t21-,24+/m0/s1. The molecule has 1 aliphatic carbocycles. The second-order valence-corrected chi connectivity index (χ2v) is 8.14. The van der Waals surface area contributed by atoms with E-state index in [4.69, 9.17) is 0 Å². The molecule has 0 radical (unpaired) electrons. The summed E-state index contributed by atoms with van der Waals surface area (Å²) in [5, 5.41) is 3.18. The molecule has 28 heavy (non-hydrogen) atoms. The van der Waals surface area contributed by atoms with E-state index in [2.05, 4.69) is 60.8 Å². The Kier molecular flexibility index (Phi) is 7.90. The summed E-state index contributed by atoms with van der Waals surface area (Å²) < 4.78 is 0. The van der Waals surface area contributed by atoms with Gasteiger partial charge in [0.2, 0.25) is 5.91 Å². The molecule has 0 heterocycles. The SMILES string of the molecule is C[C@H](NC(=O)C[C@H](/C=C/C1CCCCC1)Cc1ccccc1)c1ccccc1. The molecule has 3 rings (SSSR count). The quantitative estimate of drug-likeness (QED) is 0.543. The number of carbonyl (C=O) groups excluding carboxylic acids is 1. The van der Waals surface area contributed by atoms with Crippen molar-refractivity contribution in [3.63, 3.8) is 0 Å². The van der Waals surface area contributed by atoms with Crippen LogP contribution in [0.25, 0.3) is 0 Å². The Labute approximate surface area is 170 Å². The highest BCUT2D eigenvalue weighted by Gasteiger charge is 2.16.